The predicted molar refractivity (Wildman–Crippen MR) is 125 cm³/mol. The van der Waals surface area contributed by atoms with E-state index >= 15 is 0 Å². The average Bonchev–Trinajstić information content (AvgIpc) is 2.60. The first kappa shape index (κ1) is 26.4. The minimum absolute atomic E-state index is 0.0452. The standard InChI is InChI=1S/C22H40BrNO4Si/c1-10-11-14-27-18-16(23)15-24-17(19(18)26-7)20(22(5,6)12-13-25)28-29(8,9)21(2,3)4/h15,20,25H,10-14H2,1-9H3. The van der Waals surface area contributed by atoms with Crippen LogP contribution < -0.4 is 9.47 Å². The van der Waals surface area contributed by atoms with E-state index in [1.807, 2.05) is 0 Å². The monoisotopic (exact) mass is 489 g/mol. The van der Waals surface area contributed by atoms with Gasteiger partial charge in [-0.2, -0.15) is 0 Å². The summed E-state index contributed by atoms with van der Waals surface area (Å²) in [6.07, 6.45) is 4.05. The molecule has 1 aromatic heterocycles. The number of aliphatic hydroxyl groups excluding tert-OH is 1. The highest BCUT2D eigenvalue weighted by atomic mass is 79.9. The topological polar surface area (TPSA) is 60.8 Å². The van der Waals surface area contributed by atoms with Crippen molar-refractivity contribution in [1.82, 2.24) is 4.98 Å². The van der Waals surface area contributed by atoms with Crippen molar-refractivity contribution in [2.24, 2.45) is 5.41 Å². The third-order valence-corrected chi connectivity index (χ3v) is 10.9. The van der Waals surface area contributed by atoms with Crippen LogP contribution >= 0.6 is 15.9 Å². The number of methoxy groups -OCH3 is 1. The number of hydrogen-bond acceptors (Lipinski definition) is 5. The van der Waals surface area contributed by atoms with Gasteiger partial charge in [-0.25, -0.2) is 0 Å². The van der Waals surface area contributed by atoms with Gasteiger partial charge >= 0.3 is 0 Å². The van der Waals surface area contributed by atoms with E-state index in [4.69, 9.17) is 18.9 Å². The van der Waals surface area contributed by atoms with Crippen molar-refractivity contribution < 1.29 is 19.0 Å². The summed E-state index contributed by atoms with van der Waals surface area (Å²) in [7, 11) is -0.476. The Balaban J connectivity index is 3.54. The lowest BCUT2D eigenvalue weighted by Gasteiger charge is -2.44. The van der Waals surface area contributed by atoms with E-state index in [1.54, 1.807) is 13.3 Å². The summed E-state index contributed by atoms with van der Waals surface area (Å²) in [5.41, 5.74) is 0.393. The number of aliphatic hydroxyl groups is 1. The lowest BCUT2D eigenvalue weighted by Crippen LogP contribution is -2.45. The van der Waals surface area contributed by atoms with Crippen LogP contribution in [0.2, 0.25) is 18.1 Å². The third kappa shape index (κ3) is 6.67. The van der Waals surface area contributed by atoms with Gasteiger partial charge in [0, 0.05) is 12.8 Å². The maximum atomic E-state index is 9.70. The van der Waals surface area contributed by atoms with Crippen molar-refractivity contribution in [2.75, 3.05) is 20.3 Å². The van der Waals surface area contributed by atoms with E-state index in [-0.39, 0.29) is 23.2 Å². The quantitative estimate of drug-likeness (QED) is 0.283. The van der Waals surface area contributed by atoms with Crippen LogP contribution in [0.5, 0.6) is 11.5 Å². The zero-order valence-corrected chi connectivity index (χ0v) is 22.3. The summed E-state index contributed by atoms with van der Waals surface area (Å²) in [6, 6.07) is 0. The fraction of sp³-hybridized carbons (Fsp3) is 0.773. The molecule has 1 N–H and O–H groups in total. The average molecular weight is 491 g/mol. The number of rotatable bonds is 11. The highest BCUT2D eigenvalue weighted by Crippen LogP contribution is 2.50. The third-order valence-electron chi connectivity index (χ3n) is 5.85. The van der Waals surface area contributed by atoms with E-state index in [1.165, 1.54) is 0 Å². The fourth-order valence-corrected chi connectivity index (χ4v) is 4.55. The maximum absolute atomic E-state index is 9.70. The van der Waals surface area contributed by atoms with Crippen LogP contribution in [0.3, 0.4) is 0 Å². The Kier molecular flexibility index (Phi) is 9.65. The molecule has 0 aromatic carbocycles. The van der Waals surface area contributed by atoms with Gasteiger partial charge in [0.15, 0.2) is 19.8 Å². The minimum atomic E-state index is -2.12. The number of halogens is 1. The van der Waals surface area contributed by atoms with Crippen LogP contribution in [0.1, 0.15) is 72.6 Å². The summed E-state index contributed by atoms with van der Waals surface area (Å²) in [4.78, 5) is 4.72. The number of ether oxygens (including phenoxy) is 2. The lowest BCUT2D eigenvalue weighted by atomic mass is 9.81. The van der Waals surface area contributed by atoms with Crippen molar-refractivity contribution in [3.63, 3.8) is 0 Å². The highest BCUT2D eigenvalue weighted by Gasteiger charge is 2.45. The normalized spacial score (nSPS) is 14.0. The van der Waals surface area contributed by atoms with Gasteiger partial charge < -0.3 is 19.0 Å². The Bertz CT molecular complexity index is 659. The summed E-state index contributed by atoms with van der Waals surface area (Å²) in [5.74, 6) is 1.26. The Labute approximate surface area is 186 Å². The molecule has 1 atom stereocenters. The molecule has 0 fully saturated rings. The van der Waals surface area contributed by atoms with Crippen LogP contribution in [-0.4, -0.2) is 38.7 Å². The van der Waals surface area contributed by atoms with E-state index in [2.05, 4.69) is 70.6 Å². The molecule has 1 unspecified atom stereocenters. The highest BCUT2D eigenvalue weighted by molar-refractivity contribution is 9.10. The van der Waals surface area contributed by atoms with E-state index in [0.29, 0.717) is 24.5 Å². The lowest BCUT2D eigenvalue weighted by molar-refractivity contribution is 0.0344. The molecular weight excluding hydrogens is 450 g/mol. The maximum Gasteiger partial charge on any atom is 0.193 e. The second kappa shape index (κ2) is 10.6. The molecule has 5 nitrogen and oxygen atoms in total. The van der Waals surface area contributed by atoms with E-state index in [9.17, 15) is 5.11 Å². The van der Waals surface area contributed by atoms with Crippen molar-refractivity contribution >= 4 is 24.2 Å². The molecule has 7 heteroatoms. The Morgan fingerprint density at radius 1 is 1.17 bits per heavy atom. The molecule has 168 valence electrons. The molecule has 0 radical (unpaired) electrons. The number of pyridine rings is 1. The summed E-state index contributed by atoms with van der Waals surface area (Å²) in [6.45, 7) is 18.2. The van der Waals surface area contributed by atoms with Gasteiger partial charge in [-0.3, -0.25) is 4.98 Å². The molecule has 29 heavy (non-hydrogen) atoms. The van der Waals surface area contributed by atoms with Crippen molar-refractivity contribution in [2.45, 2.75) is 85.0 Å². The van der Waals surface area contributed by atoms with Gasteiger partial charge in [0.1, 0.15) is 5.69 Å². The van der Waals surface area contributed by atoms with E-state index < -0.39 is 8.32 Å². The molecular formula is C22H40BrNO4Si. The Hall–Kier alpha value is -0.633. The molecule has 0 aliphatic rings. The first-order valence-electron chi connectivity index (χ1n) is 10.5. The van der Waals surface area contributed by atoms with Crippen LogP contribution in [0, 0.1) is 5.41 Å². The fourth-order valence-electron chi connectivity index (χ4n) is 2.78. The summed E-state index contributed by atoms with van der Waals surface area (Å²) in [5, 5.41) is 9.74. The largest absolute Gasteiger partial charge is 0.491 e. The Morgan fingerprint density at radius 3 is 2.28 bits per heavy atom. The molecule has 0 amide bonds. The van der Waals surface area contributed by atoms with Crippen molar-refractivity contribution in [3.8, 4) is 11.5 Å². The van der Waals surface area contributed by atoms with Crippen LogP contribution in [-0.2, 0) is 4.43 Å². The van der Waals surface area contributed by atoms with Gasteiger partial charge in [-0.05, 0) is 52.3 Å². The summed E-state index contributed by atoms with van der Waals surface area (Å²) >= 11 is 3.56. The van der Waals surface area contributed by atoms with Gasteiger partial charge in [0.25, 0.3) is 0 Å². The molecule has 1 heterocycles. The van der Waals surface area contributed by atoms with Crippen molar-refractivity contribution in [1.29, 1.82) is 0 Å². The molecule has 1 rings (SSSR count). The molecule has 0 bridgehead atoms. The Morgan fingerprint density at radius 2 is 1.79 bits per heavy atom. The number of hydrogen-bond donors (Lipinski definition) is 1. The number of nitrogens with zero attached hydrogens (tertiary/aromatic N) is 1. The van der Waals surface area contributed by atoms with Gasteiger partial charge in [-0.15, -0.1) is 0 Å². The van der Waals surface area contributed by atoms with Gasteiger partial charge in [-0.1, -0.05) is 48.0 Å². The minimum Gasteiger partial charge on any atom is -0.491 e. The molecule has 0 saturated heterocycles. The molecule has 0 saturated carbocycles. The second-order valence-electron chi connectivity index (χ2n) is 9.78. The number of aromatic nitrogens is 1. The van der Waals surface area contributed by atoms with Gasteiger partial charge in [0.05, 0.1) is 24.3 Å². The first-order valence-corrected chi connectivity index (χ1v) is 14.2. The zero-order valence-electron chi connectivity index (χ0n) is 19.7. The molecule has 1 aromatic rings. The van der Waals surface area contributed by atoms with Crippen molar-refractivity contribution in [3.05, 3.63) is 16.4 Å². The SMILES string of the molecule is CCCCOc1c(Br)cnc(C(O[Si](C)(C)C(C)(C)C)C(C)(C)CCO)c1OC. The molecule has 0 spiro atoms. The van der Waals surface area contributed by atoms with Gasteiger partial charge in [0.2, 0.25) is 0 Å². The zero-order chi connectivity index (χ0) is 22.5. The first-order chi connectivity index (χ1) is 13.3. The second-order valence-corrected chi connectivity index (χ2v) is 15.4. The van der Waals surface area contributed by atoms with Crippen LogP contribution in [0.25, 0.3) is 0 Å². The molecule has 0 aliphatic heterocycles. The molecule has 0 aliphatic carbocycles. The smallest absolute Gasteiger partial charge is 0.193 e. The van der Waals surface area contributed by atoms with Crippen LogP contribution in [0.4, 0.5) is 0 Å². The predicted octanol–water partition coefficient (Wildman–Crippen LogP) is 6.50. The number of unbranched alkanes of at least 4 members (excludes halogenated alkanes) is 1. The van der Waals surface area contributed by atoms with E-state index in [0.717, 1.165) is 23.0 Å². The summed E-state index contributed by atoms with van der Waals surface area (Å²) < 4.78 is 19.5. The van der Waals surface area contributed by atoms with Crippen LogP contribution in [0.15, 0.2) is 10.7 Å².